The molecule has 0 amide bonds. The third kappa shape index (κ3) is 2.62. The topological polar surface area (TPSA) is 55.3 Å². The summed E-state index contributed by atoms with van der Waals surface area (Å²) >= 11 is 0. The van der Waals surface area contributed by atoms with E-state index in [2.05, 4.69) is 11.4 Å². The first kappa shape index (κ1) is 14.7. The van der Waals surface area contributed by atoms with Crippen LogP contribution in [0.2, 0.25) is 0 Å². The van der Waals surface area contributed by atoms with E-state index >= 15 is 0 Å². The largest absolute Gasteiger partial charge is 0.497 e. The Hall–Kier alpha value is -1.26. The monoisotopic (exact) mass is 292 g/mol. The molecular formula is C17H26NO3+. The SMILES string of the molecule is COc1ccc(OC)c([C@@H]2[NH2+]CC[C@@]3(O)CCCC[C@@H]23)c1. The number of methoxy groups -OCH3 is 2. The highest BCUT2D eigenvalue weighted by molar-refractivity contribution is 5.42. The van der Waals surface area contributed by atoms with E-state index in [0.717, 1.165) is 49.3 Å². The number of hydrogen-bond donors (Lipinski definition) is 2. The van der Waals surface area contributed by atoms with Gasteiger partial charge in [0.25, 0.3) is 0 Å². The Labute approximate surface area is 126 Å². The molecule has 1 heterocycles. The Balaban J connectivity index is 1.98. The maximum atomic E-state index is 11.0. The van der Waals surface area contributed by atoms with Crippen molar-refractivity contribution in [3.8, 4) is 11.5 Å². The smallest absolute Gasteiger partial charge is 0.128 e. The molecule has 3 N–H and O–H groups in total. The molecule has 21 heavy (non-hydrogen) atoms. The van der Waals surface area contributed by atoms with Gasteiger partial charge < -0.3 is 19.9 Å². The van der Waals surface area contributed by atoms with Crippen molar-refractivity contribution < 1.29 is 19.9 Å². The van der Waals surface area contributed by atoms with Gasteiger partial charge in [-0.25, -0.2) is 0 Å². The molecule has 1 aliphatic carbocycles. The summed E-state index contributed by atoms with van der Waals surface area (Å²) in [6.07, 6.45) is 5.30. The van der Waals surface area contributed by atoms with Gasteiger partial charge in [-0.3, -0.25) is 0 Å². The number of rotatable bonds is 3. The number of hydrogen-bond acceptors (Lipinski definition) is 3. The highest BCUT2D eigenvalue weighted by atomic mass is 16.5. The second-order valence-electron chi connectivity index (χ2n) is 6.36. The van der Waals surface area contributed by atoms with Crippen LogP contribution in [0.15, 0.2) is 18.2 Å². The maximum absolute atomic E-state index is 11.0. The average molecular weight is 292 g/mol. The van der Waals surface area contributed by atoms with Gasteiger partial charge in [0.15, 0.2) is 0 Å². The highest BCUT2D eigenvalue weighted by Gasteiger charge is 2.49. The Morgan fingerprint density at radius 3 is 2.81 bits per heavy atom. The van der Waals surface area contributed by atoms with Gasteiger partial charge in [0, 0.05) is 12.3 Å². The third-order valence-corrected chi connectivity index (χ3v) is 5.29. The molecular weight excluding hydrogens is 266 g/mol. The fraction of sp³-hybridized carbons (Fsp3) is 0.647. The van der Waals surface area contributed by atoms with Gasteiger partial charge in [0.1, 0.15) is 17.5 Å². The van der Waals surface area contributed by atoms with Crippen molar-refractivity contribution in [3.05, 3.63) is 23.8 Å². The lowest BCUT2D eigenvalue weighted by Gasteiger charge is -2.46. The minimum absolute atomic E-state index is 0.258. The summed E-state index contributed by atoms with van der Waals surface area (Å²) in [5.41, 5.74) is 0.660. The zero-order chi connectivity index (χ0) is 14.9. The molecule has 4 heteroatoms. The first-order valence-electron chi connectivity index (χ1n) is 7.95. The van der Waals surface area contributed by atoms with Crippen LogP contribution in [-0.2, 0) is 0 Å². The molecule has 0 radical (unpaired) electrons. The third-order valence-electron chi connectivity index (χ3n) is 5.29. The van der Waals surface area contributed by atoms with E-state index in [0.29, 0.717) is 5.92 Å². The predicted molar refractivity (Wildman–Crippen MR) is 80.6 cm³/mol. The molecule has 1 aliphatic heterocycles. The summed E-state index contributed by atoms with van der Waals surface area (Å²) in [5, 5.41) is 13.4. The number of nitrogens with two attached hydrogens (primary N) is 1. The molecule has 0 bridgehead atoms. The van der Waals surface area contributed by atoms with Crippen molar-refractivity contribution in [2.24, 2.45) is 5.92 Å². The van der Waals surface area contributed by atoms with Crippen molar-refractivity contribution >= 4 is 0 Å². The first-order valence-corrected chi connectivity index (χ1v) is 7.95. The summed E-state index contributed by atoms with van der Waals surface area (Å²) in [6, 6.07) is 6.23. The normalized spacial score (nSPS) is 32.3. The van der Waals surface area contributed by atoms with Gasteiger partial charge in [-0.15, -0.1) is 0 Å². The van der Waals surface area contributed by atoms with E-state index in [1.54, 1.807) is 14.2 Å². The number of benzene rings is 1. The molecule has 3 rings (SSSR count). The van der Waals surface area contributed by atoms with Crippen LogP contribution in [0.3, 0.4) is 0 Å². The van der Waals surface area contributed by atoms with Crippen LogP contribution >= 0.6 is 0 Å². The first-order chi connectivity index (χ1) is 10.2. The van der Waals surface area contributed by atoms with Crippen LogP contribution in [-0.4, -0.2) is 31.5 Å². The molecule has 0 spiro atoms. The summed E-state index contributed by atoms with van der Waals surface area (Å²) in [4.78, 5) is 0. The summed E-state index contributed by atoms with van der Waals surface area (Å²) < 4.78 is 10.9. The van der Waals surface area contributed by atoms with Crippen LogP contribution in [0.25, 0.3) is 0 Å². The van der Waals surface area contributed by atoms with E-state index in [9.17, 15) is 5.11 Å². The average Bonchev–Trinajstić information content (AvgIpc) is 2.53. The Kier molecular flexibility index (Phi) is 4.09. The van der Waals surface area contributed by atoms with Gasteiger partial charge in [-0.2, -0.15) is 0 Å². The predicted octanol–water partition coefficient (Wildman–Crippen LogP) is 1.63. The van der Waals surface area contributed by atoms with E-state index < -0.39 is 5.60 Å². The van der Waals surface area contributed by atoms with E-state index in [4.69, 9.17) is 9.47 Å². The summed E-state index contributed by atoms with van der Waals surface area (Å²) in [7, 11) is 3.40. The second kappa shape index (κ2) is 5.85. The van der Waals surface area contributed by atoms with Crippen molar-refractivity contribution in [1.29, 1.82) is 0 Å². The fourth-order valence-electron chi connectivity index (χ4n) is 4.19. The molecule has 2 fully saturated rings. The Morgan fingerprint density at radius 1 is 1.19 bits per heavy atom. The van der Waals surface area contributed by atoms with Gasteiger partial charge in [-0.1, -0.05) is 12.8 Å². The zero-order valence-electron chi connectivity index (χ0n) is 13.0. The van der Waals surface area contributed by atoms with Gasteiger partial charge in [-0.05, 0) is 31.0 Å². The lowest BCUT2D eigenvalue weighted by molar-refractivity contribution is -0.719. The van der Waals surface area contributed by atoms with E-state index in [1.807, 2.05) is 12.1 Å². The lowest BCUT2D eigenvalue weighted by atomic mass is 9.66. The van der Waals surface area contributed by atoms with Gasteiger partial charge >= 0.3 is 0 Å². The lowest BCUT2D eigenvalue weighted by Crippen LogP contribution is -2.91. The van der Waals surface area contributed by atoms with Crippen molar-refractivity contribution in [2.45, 2.75) is 43.7 Å². The van der Waals surface area contributed by atoms with Crippen LogP contribution in [0.1, 0.15) is 43.7 Å². The van der Waals surface area contributed by atoms with Gasteiger partial charge in [0.2, 0.25) is 0 Å². The minimum atomic E-state index is -0.494. The molecule has 1 aromatic carbocycles. The number of aliphatic hydroxyl groups is 1. The molecule has 1 saturated carbocycles. The van der Waals surface area contributed by atoms with Gasteiger partial charge in [0.05, 0.1) is 31.9 Å². The molecule has 4 nitrogen and oxygen atoms in total. The molecule has 3 atom stereocenters. The van der Waals surface area contributed by atoms with E-state index in [1.165, 1.54) is 6.42 Å². The zero-order valence-corrected chi connectivity index (χ0v) is 13.0. The molecule has 2 aliphatic rings. The van der Waals surface area contributed by atoms with Crippen LogP contribution in [0.5, 0.6) is 11.5 Å². The Bertz CT molecular complexity index is 501. The van der Waals surface area contributed by atoms with Crippen LogP contribution in [0.4, 0.5) is 0 Å². The minimum Gasteiger partial charge on any atom is -0.497 e. The Morgan fingerprint density at radius 2 is 2.05 bits per heavy atom. The number of quaternary nitrogens is 1. The van der Waals surface area contributed by atoms with Crippen LogP contribution in [0, 0.1) is 5.92 Å². The van der Waals surface area contributed by atoms with Crippen molar-refractivity contribution in [2.75, 3.05) is 20.8 Å². The quantitative estimate of drug-likeness (QED) is 0.890. The van der Waals surface area contributed by atoms with Crippen molar-refractivity contribution in [1.82, 2.24) is 0 Å². The fourth-order valence-corrected chi connectivity index (χ4v) is 4.19. The number of piperidine rings is 1. The molecule has 1 aromatic rings. The number of ether oxygens (including phenoxy) is 2. The summed E-state index contributed by atoms with van der Waals surface area (Å²) in [6.45, 7) is 0.970. The second-order valence-corrected chi connectivity index (χ2v) is 6.36. The van der Waals surface area contributed by atoms with Crippen molar-refractivity contribution in [3.63, 3.8) is 0 Å². The standard InChI is InChI=1S/C17H25NO3/c1-20-12-6-7-15(21-2)13(11-12)16-14-5-3-4-8-17(14,19)9-10-18-16/h6-7,11,14,16,18-19H,3-5,8-10H2,1-2H3/p+1/t14-,16-,17-/m0/s1. The highest BCUT2D eigenvalue weighted by Crippen LogP contribution is 2.45. The number of fused-ring (bicyclic) bond motifs is 1. The molecule has 1 saturated heterocycles. The maximum Gasteiger partial charge on any atom is 0.128 e. The molecule has 0 unspecified atom stereocenters. The molecule has 116 valence electrons. The summed E-state index contributed by atoms with van der Waals surface area (Å²) in [5.74, 6) is 2.05. The molecule has 0 aromatic heterocycles. The van der Waals surface area contributed by atoms with Crippen LogP contribution < -0.4 is 14.8 Å². The van der Waals surface area contributed by atoms with E-state index in [-0.39, 0.29) is 6.04 Å².